The Morgan fingerprint density at radius 3 is 2.73 bits per heavy atom. The van der Waals surface area contributed by atoms with Crippen molar-refractivity contribution in [2.24, 2.45) is 0 Å². The van der Waals surface area contributed by atoms with Gasteiger partial charge in [0.05, 0.1) is 5.56 Å². The van der Waals surface area contributed by atoms with Gasteiger partial charge in [0.25, 0.3) is 0 Å². The van der Waals surface area contributed by atoms with Crippen LogP contribution in [0.25, 0.3) is 0 Å². The van der Waals surface area contributed by atoms with Crippen molar-refractivity contribution in [3.8, 4) is 0 Å². The summed E-state index contributed by atoms with van der Waals surface area (Å²) in [7, 11) is 5.33. The minimum atomic E-state index is -0.102. The molecule has 0 aliphatic carbocycles. The number of anilines is 1. The first-order chi connectivity index (χ1) is 5.11. The number of carbonyl (C=O) groups excluding carboxylic acids is 1. The van der Waals surface area contributed by atoms with Crippen LogP contribution in [-0.2, 0) is 0 Å². The highest BCUT2D eigenvalue weighted by Gasteiger charge is 2.03. The van der Waals surface area contributed by atoms with Crippen LogP contribution in [0.1, 0.15) is 17.3 Å². The zero-order valence-electron chi connectivity index (χ0n) is 6.16. The van der Waals surface area contributed by atoms with Gasteiger partial charge in [-0.25, -0.2) is 4.98 Å². The first kappa shape index (κ1) is 7.79. The molecule has 1 rings (SSSR count). The number of rotatable bonds is 1. The summed E-state index contributed by atoms with van der Waals surface area (Å²) in [6.07, 6.45) is 0. The summed E-state index contributed by atoms with van der Waals surface area (Å²) in [6.45, 7) is 1.43. The van der Waals surface area contributed by atoms with Crippen LogP contribution in [0.4, 0.5) is 5.82 Å². The van der Waals surface area contributed by atoms with Crippen molar-refractivity contribution in [3.05, 3.63) is 17.7 Å². The van der Waals surface area contributed by atoms with E-state index >= 15 is 0 Å². The molecule has 54 valence electrons. The van der Waals surface area contributed by atoms with E-state index in [9.17, 15) is 4.79 Å². The summed E-state index contributed by atoms with van der Waals surface area (Å²) >= 11 is 0. The summed E-state index contributed by atoms with van der Waals surface area (Å²) in [5.41, 5.74) is 6.15. The summed E-state index contributed by atoms with van der Waals surface area (Å²) in [6, 6.07) is 3.12. The number of nitrogens with zero attached hydrogens (tertiary/aromatic N) is 1. The molecule has 0 saturated heterocycles. The fraction of sp³-hybridized carbons (Fsp3) is 0.143. The van der Waals surface area contributed by atoms with Crippen LogP contribution in [0.5, 0.6) is 0 Å². The second-order valence-corrected chi connectivity index (χ2v) is 2.23. The highest BCUT2D eigenvalue weighted by atomic mass is 16.1. The lowest BCUT2D eigenvalue weighted by molar-refractivity contribution is 0.101. The quantitative estimate of drug-likeness (QED) is 0.435. The van der Waals surface area contributed by atoms with E-state index in [4.69, 9.17) is 13.6 Å². The number of nitrogens with two attached hydrogens (primary N) is 1. The van der Waals surface area contributed by atoms with Gasteiger partial charge in [-0.05, 0) is 18.6 Å². The molecule has 0 aliphatic heterocycles. The molecule has 1 aromatic heterocycles. The SMILES string of the molecule is [B]c1ccc(C(C)=O)c(N)n1. The predicted octanol–water partition coefficient (Wildman–Crippen LogP) is -0.340. The second kappa shape index (κ2) is 2.74. The van der Waals surface area contributed by atoms with Gasteiger partial charge < -0.3 is 5.73 Å². The summed E-state index contributed by atoms with van der Waals surface area (Å²) in [5.74, 6) is 0.0903. The molecule has 0 unspecified atom stereocenters. The monoisotopic (exact) mass is 146 g/mol. The molecule has 3 nitrogen and oxygen atoms in total. The fourth-order valence-corrected chi connectivity index (χ4v) is 0.788. The van der Waals surface area contributed by atoms with Gasteiger partial charge in [-0.3, -0.25) is 4.79 Å². The summed E-state index contributed by atoms with van der Waals surface area (Å²) in [5, 5.41) is 0. The minimum Gasteiger partial charge on any atom is -0.383 e. The molecule has 0 aliphatic rings. The Morgan fingerprint density at radius 2 is 2.27 bits per heavy atom. The van der Waals surface area contributed by atoms with E-state index in [0.717, 1.165) is 0 Å². The van der Waals surface area contributed by atoms with Gasteiger partial charge in [0, 0.05) is 0 Å². The lowest BCUT2D eigenvalue weighted by Crippen LogP contribution is -2.13. The maximum Gasteiger partial charge on any atom is 0.163 e. The number of nitrogen functional groups attached to an aromatic ring is 1. The first-order valence-corrected chi connectivity index (χ1v) is 3.14. The fourth-order valence-electron chi connectivity index (χ4n) is 0.788. The van der Waals surface area contributed by atoms with Crippen molar-refractivity contribution in [3.63, 3.8) is 0 Å². The van der Waals surface area contributed by atoms with E-state index in [1.165, 1.54) is 6.92 Å². The van der Waals surface area contributed by atoms with E-state index in [1.807, 2.05) is 0 Å². The second-order valence-electron chi connectivity index (χ2n) is 2.23. The summed E-state index contributed by atoms with van der Waals surface area (Å²) < 4.78 is 0. The Hall–Kier alpha value is -1.32. The molecule has 0 amide bonds. The first-order valence-electron chi connectivity index (χ1n) is 3.14. The van der Waals surface area contributed by atoms with E-state index in [-0.39, 0.29) is 11.6 Å². The van der Waals surface area contributed by atoms with Crippen LogP contribution in [0.2, 0.25) is 0 Å². The normalized spacial score (nSPS) is 9.55. The molecule has 11 heavy (non-hydrogen) atoms. The smallest absolute Gasteiger partial charge is 0.163 e. The van der Waals surface area contributed by atoms with E-state index in [2.05, 4.69) is 4.98 Å². The number of hydrogen-bond donors (Lipinski definition) is 1. The number of pyridine rings is 1. The lowest BCUT2D eigenvalue weighted by atomic mass is 10.0. The van der Waals surface area contributed by atoms with Crippen molar-refractivity contribution in [2.75, 3.05) is 5.73 Å². The van der Waals surface area contributed by atoms with Crippen molar-refractivity contribution in [1.82, 2.24) is 4.98 Å². The molecule has 4 heteroatoms. The van der Waals surface area contributed by atoms with Gasteiger partial charge in [0.15, 0.2) is 5.78 Å². The zero-order chi connectivity index (χ0) is 8.43. The molecule has 0 aromatic carbocycles. The maximum absolute atomic E-state index is 10.8. The zero-order valence-corrected chi connectivity index (χ0v) is 6.16. The van der Waals surface area contributed by atoms with Gasteiger partial charge in [-0.2, -0.15) is 0 Å². The average Bonchev–Trinajstić information content (AvgIpc) is 1.85. The average molecular weight is 146 g/mol. The Bertz CT molecular complexity index is 298. The molecular weight excluding hydrogens is 139 g/mol. The molecule has 2 radical (unpaired) electrons. The Balaban J connectivity index is 3.20. The number of ketones is 1. The summed E-state index contributed by atoms with van der Waals surface area (Å²) in [4.78, 5) is 14.5. The van der Waals surface area contributed by atoms with Crippen molar-refractivity contribution in [2.45, 2.75) is 6.92 Å². The highest BCUT2D eigenvalue weighted by molar-refractivity contribution is 6.30. The molecule has 0 bridgehead atoms. The van der Waals surface area contributed by atoms with Gasteiger partial charge in [0.1, 0.15) is 13.7 Å². The van der Waals surface area contributed by atoms with E-state index < -0.39 is 0 Å². The third-order valence-electron chi connectivity index (χ3n) is 1.33. The Labute approximate surface area is 66.0 Å². The standard InChI is InChI=1S/C7H7BN2O/c1-4(11)5-2-3-6(8)10-7(5)9/h2-3H,1H3,(H2,9,10). The molecule has 0 atom stereocenters. The topological polar surface area (TPSA) is 56.0 Å². The molecular formula is C7H7BN2O. The Kier molecular flexibility index (Phi) is 1.94. The third kappa shape index (κ3) is 1.58. The van der Waals surface area contributed by atoms with Gasteiger partial charge in [-0.15, -0.1) is 0 Å². The van der Waals surface area contributed by atoms with Crippen molar-refractivity contribution >= 4 is 25.0 Å². The van der Waals surface area contributed by atoms with Gasteiger partial charge in [0.2, 0.25) is 0 Å². The van der Waals surface area contributed by atoms with Crippen LogP contribution in [0, 0.1) is 0 Å². The van der Waals surface area contributed by atoms with Crippen LogP contribution < -0.4 is 11.3 Å². The van der Waals surface area contributed by atoms with Crippen molar-refractivity contribution in [1.29, 1.82) is 0 Å². The lowest BCUT2D eigenvalue weighted by Gasteiger charge is -2.00. The number of hydrogen-bond acceptors (Lipinski definition) is 3. The number of Topliss-reactive ketones (excluding diaryl/α,β-unsaturated/α-hetero) is 1. The van der Waals surface area contributed by atoms with Gasteiger partial charge in [-0.1, -0.05) is 6.07 Å². The molecule has 0 spiro atoms. The van der Waals surface area contributed by atoms with Crippen LogP contribution >= 0.6 is 0 Å². The van der Waals surface area contributed by atoms with Gasteiger partial charge >= 0.3 is 0 Å². The Morgan fingerprint density at radius 1 is 1.64 bits per heavy atom. The van der Waals surface area contributed by atoms with E-state index in [0.29, 0.717) is 11.2 Å². The minimum absolute atomic E-state index is 0.102. The largest absolute Gasteiger partial charge is 0.383 e. The van der Waals surface area contributed by atoms with Crippen LogP contribution in [-0.4, -0.2) is 18.6 Å². The number of carbonyl (C=O) groups is 1. The molecule has 2 N–H and O–H groups in total. The highest BCUT2D eigenvalue weighted by Crippen LogP contribution is 2.05. The molecule has 1 aromatic rings. The third-order valence-corrected chi connectivity index (χ3v) is 1.33. The van der Waals surface area contributed by atoms with Crippen LogP contribution in [0.15, 0.2) is 12.1 Å². The maximum atomic E-state index is 10.8. The molecule has 1 heterocycles. The van der Waals surface area contributed by atoms with Crippen molar-refractivity contribution < 1.29 is 4.79 Å². The molecule has 0 fully saturated rings. The predicted molar refractivity (Wildman–Crippen MR) is 44.0 cm³/mol. The van der Waals surface area contributed by atoms with Crippen LogP contribution in [0.3, 0.4) is 0 Å². The van der Waals surface area contributed by atoms with E-state index in [1.54, 1.807) is 12.1 Å². The number of aromatic nitrogens is 1. The molecule has 0 saturated carbocycles.